The van der Waals surface area contributed by atoms with Gasteiger partial charge < -0.3 is 9.74 Å². The highest BCUT2D eigenvalue weighted by Crippen LogP contribution is 2.33. The number of fused-ring (bicyclic) bond motifs is 1. The van der Waals surface area contributed by atoms with Crippen LogP contribution in [0.4, 0.5) is 0 Å². The molecule has 0 amide bonds. The molecule has 5 rings (SSSR count). The highest BCUT2D eigenvalue weighted by molar-refractivity contribution is 6.42. The second-order valence-corrected chi connectivity index (χ2v) is 13.3. The number of Topliss-reactive ketones (excluding diaryl/α,β-unsaturated/α-hetero) is 1. The van der Waals surface area contributed by atoms with Gasteiger partial charge in [0.05, 0.1) is 26.8 Å². The largest absolute Gasteiger partial charge is 0.399 e. The van der Waals surface area contributed by atoms with Crippen molar-refractivity contribution in [2.45, 2.75) is 51.5 Å². The van der Waals surface area contributed by atoms with Crippen LogP contribution in [-0.4, -0.2) is 52.3 Å². The Morgan fingerprint density at radius 1 is 1.00 bits per heavy atom. The van der Waals surface area contributed by atoms with Gasteiger partial charge >= 0.3 is 5.69 Å². The lowest BCUT2D eigenvalue weighted by Crippen LogP contribution is -2.38. The van der Waals surface area contributed by atoms with Gasteiger partial charge in [0.1, 0.15) is 7.11 Å². The monoisotopic (exact) mass is 668 g/mol. The number of ketones is 1. The van der Waals surface area contributed by atoms with Crippen molar-refractivity contribution in [2.24, 2.45) is 18.1 Å². The summed E-state index contributed by atoms with van der Waals surface area (Å²) < 4.78 is 3.70. The van der Waals surface area contributed by atoms with Crippen molar-refractivity contribution in [2.75, 3.05) is 26.7 Å². The lowest BCUT2D eigenvalue weighted by Gasteiger charge is -2.33. The van der Waals surface area contributed by atoms with Gasteiger partial charge in [0, 0.05) is 48.6 Å². The average Bonchev–Trinajstić information content (AvgIpc) is 3.27. The molecule has 0 bridgehead atoms. The van der Waals surface area contributed by atoms with Crippen molar-refractivity contribution < 1.29 is 9.63 Å². The number of hydrogen-bond donors (Lipinski definition) is 0. The van der Waals surface area contributed by atoms with Crippen LogP contribution in [0.3, 0.4) is 0 Å². The molecule has 0 radical (unpaired) electrons. The summed E-state index contributed by atoms with van der Waals surface area (Å²) in [5.41, 5.74) is 5.24. The van der Waals surface area contributed by atoms with E-state index in [0.29, 0.717) is 27.1 Å². The minimum atomic E-state index is -0.350. The minimum Gasteiger partial charge on any atom is -0.399 e. The first kappa shape index (κ1) is 33.3. The van der Waals surface area contributed by atoms with Crippen molar-refractivity contribution in [3.63, 3.8) is 0 Å². The molecule has 0 N–H and O–H groups in total. The van der Waals surface area contributed by atoms with Gasteiger partial charge in [-0.05, 0) is 92.7 Å². The van der Waals surface area contributed by atoms with Crippen molar-refractivity contribution in [3.8, 4) is 0 Å². The molecular formula is C35H39Cl3N4O3. The van der Waals surface area contributed by atoms with Crippen molar-refractivity contribution >= 4 is 57.3 Å². The first-order valence-electron chi connectivity index (χ1n) is 15.3. The number of carbonyl (C=O) groups is 1. The van der Waals surface area contributed by atoms with E-state index in [4.69, 9.17) is 39.6 Å². The number of likely N-dealkylation sites (tertiary alicyclic amines) is 1. The van der Waals surface area contributed by atoms with E-state index in [1.54, 1.807) is 16.7 Å². The molecule has 2 unspecified atom stereocenters. The minimum absolute atomic E-state index is 0.00282. The number of aryl methyl sites for hydroxylation is 2. The van der Waals surface area contributed by atoms with Crippen LogP contribution >= 0.6 is 34.8 Å². The first-order chi connectivity index (χ1) is 21.6. The van der Waals surface area contributed by atoms with Crippen molar-refractivity contribution in [1.82, 2.24) is 14.0 Å². The van der Waals surface area contributed by atoms with E-state index < -0.39 is 0 Å². The zero-order valence-corrected chi connectivity index (χ0v) is 28.4. The predicted octanol–water partition coefficient (Wildman–Crippen LogP) is 8.33. The second-order valence-electron chi connectivity index (χ2n) is 12.0. The van der Waals surface area contributed by atoms with E-state index in [2.05, 4.69) is 10.1 Å². The number of hydrogen-bond acceptors (Lipinski definition) is 5. The molecule has 45 heavy (non-hydrogen) atoms. The standard InChI is InChI=1S/C35H39Cl3N4O3/c1-22-17-25(20-26(36)18-22)34(43)23(2)19-31(39-45-4)28(24-9-10-29(37)30(38)21-24)13-16-41-14-11-27(12-15-41)42-33-8-6-5-7-32(33)40(3)35(42)44/h5-10,17-18,20-21,23,27-28H,11-16,19H2,1-4H3/b39-31-. The molecule has 0 spiro atoms. The smallest absolute Gasteiger partial charge is 0.329 e. The molecule has 4 aromatic rings. The summed E-state index contributed by atoms with van der Waals surface area (Å²) in [5.74, 6) is -0.491. The van der Waals surface area contributed by atoms with Crippen LogP contribution < -0.4 is 5.69 Å². The van der Waals surface area contributed by atoms with Crippen LogP contribution in [0, 0.1) is 12.8 Å². The third kappa shape index (κ3) is 7.49. The third-order valence-electron chi connectivity index (χ3n) is 8.90. The number of carbonyl (C=O) groups excluding carboxylic acids is 1. The molecule has 7 nitrogen and oxygen atoms in total. The Bertz CT molecular complexity index is 1750. The molecule has 1 saturated heterocycles. The summed E-state index contributed by atoms with van der Waals surface area (Å²) in [5, 5.41) is 5.95. The molecular weight excluding hydrogens is 631 g/mol. The molecule has 1 aliphatic rings. The lowest BCUT2D eigenvalue weighted by atomic mass is 9.84. The average molecular weight is 670 g/mol. The number of halogens is 3. The molecule has 238 valence electrons. The number of nitrogens with zero attached hydrogens (tertiary/aromatic N) is 4. The summed E-state index contributed by atoms with van der Waals surface area (Å²) in [6, 6.07) is 19.2. The highest BCUT2D eigenvalue weighted by atomic mass is 35.5. The van der Waals surface area contributed by atoms with E-state index in [1.165, 1.54) is 7.11 Å². The summed E-state index contributed by atoms with van der Waals surface area (Å²) in [6.07, 6.45) is 2.93. The molecule has 0 aliphatic carbocycles. The second kappa shape index (κ2) is 14.5. The number of piperidine rings is 1. The number of rotatable bonds is 11. The maximum absolute atomic E-state index is 13.5. The number of para-hydroxylation sites is 2. The zero-order valence-electron chi connectivity index (χ0n) is 26.1. The van der Waals surface area contributed by atoms with Gasteiger partial charge in [0.2, 0.25) is 0 Å². The summed E-state index contributed by atoms with van der Waals surface area (Å²) >= 11 is 19.0. The number of oxime groups is 1. The van der Waals surface area contributed by atoms with Crippen LogP contribution in [0.2, 0.25) is 15.1 Å². The van der Waals surface area contributed by atoms with Crippen LogP contribution in [0.5, 0.6) is 0 Å². The molecule has 10 heteroatoms. The highest BCUT2D eigenvalue weighted by Gasteiger charge is 2.29. The summed E-state index contributed by atoms with van der Waals surface area (Å²) in [7, 11) is 3.36. The van der Waals surface area contributed by atoms with E-state index in [-0.39, 0.29) is 29.4 Å². The van der Waals surface area contributed by atoms with Gasteiger partial charge in [-0.3, -0.25) is 13.9 Å². The molecule has 1 aliphatic heterocycles. The molecule has 2 heterocycles. The number of aromatic nitrogens is 2. The fourth-order valence-corrected chi connectivity index (χ4v) is 7.17. The van der Waals surface area contributed by atoms with E-state index in [9.17, 15) is 9.59 Å². The Morgan fingerprint density at radius 3 is 2.38 bits per heavy atom. The SMILES string of the molecule is CO/N=C(/CC(C)C(=O)c1cc(C)cc(Cl)c1)C(CCN1CCC(n2c(=O)n(C)c3ccccc32)CC1)c1ccc(Cl)c(Cl)c1. The van der Waals surface area contributed by atoms with E-state index in [1.807, 2.05) is 74.0 Å². The lowest BCUT2D eigenvalue weighted by molar-refractivity contribution is 0.0931. The van der Waals surface area contributed by atoms with Gasteiger partial charge in [0.25, 0.3) is 0 Å². The van der Waals surface area contributed by atoms with Gasteiger partial charge in [0.15, 0.2) is 5.78 Å². The van der Waals surface area contributed by atoms with Gasteiger partial charge in [-0.25, -0.2) is 4.79 Å². The maximum atomic E-state index is 13.5. The first-order valence-corrected chi connectivity index (χ1v) is 16.4. The van der Waals surface area contributed by atoms with E-state index >= 15 is 0 Å². The van der Waals surface area contributed by atoms with Crippen LogP contribution in [0.1, 0.15) is 66.1 Å². The maximum Gasteiger partial charge on any atom is 0.329 e. The molecule has 1 aromatic heterocycles. The fourth-order valence-electron chi connectivity index (χ4n) is 6.57. The number of benzene rings is 3. The van der Waals surface area contributed by atoms with Gasteiger partial charge in [-0.15, -0.1) is 0 Å². The van der Waals surface area contributed by atoms with Crippen LogP contribution in [-0.2, 0) is 11.9 Å². The topological polar surface area (TPSA) is 68.8 Å². The third-order valence-corrected chi connectivity index (χ3v) is 9.86. The van der Waals surface area contributed by atoms with Crippen LogP contribution in [0.25, 0.3) is 11.0 Å². The van der Waals surface area contributed by atoms with Gasteiger partial charge in [-0.2, -0.15) is 0 Å². The normalized spacial score (nSPS) is 16.2. The predicted molar refractivity (Wildman–Crippen MR) is 184 cm³/mol. The molecule has 0 saturated carbocycles. The molecule has 3 aromatic carbocycles. The fraction of sp³-hybridized carbons (Fsp3) is 0.400. The Hall–Kier alpha value is -3.10. The summed E-state index contributed by atoms with van der Waals surface area (Å²) in [4.78, 5) is 34.4. The van der Waals surface area contributed by atoms with Gasteiger partial charge in [-0.1, -0.05) is 65.1 Å². The van der Waals surface area contributed by atoms with E-state index in [0.717, 1.165) is 66.8 Å². The Labute approximate surface area is 279 Å². The Balaban J connectivity index is 1.32. The van der Waals surface area contributed by atoms with Crippen LogP contribution in [0.15, 0.2) is 70.6 Å². The summed E-state index contributed by atoms with van der Waals surface area (Å²) in [6.45, 7) is 6.38. The zero-order chi connectivity index (χ0) is 32.2. The van der Waals surface area contributed by atoms with Crippen molar-refractivity contribution in [1.29, 1.82) is 0 Å². The van der Waals surface area contributed by atoms with Crippen molar-refractivity contribution in [3.05, 3.63) is 103 Å². The Morgan fingerprint density at radius 2 is 1.71 bits per heavy atom. The molecule has 2 atom stereocenters. The quantitative estimate of drug-likeness (QED) is 0.0915. The Kier molecular flexibility index (Phi) is 10.8. The molecule has 1 fully saturated rings. The number of imidazole rings is 1.